The molecule has 0 saturated carbocycles. The third-order valence-corrected chi connectivity index (χ3v) is 3.80. The molecule has 0 aliphatic carbocycles. The van der Waals surface area contributed by atoms with Crippen molar-refractivity contribution in [1.82, 2.24) is 9.97 Å². The quantitative estimate of drug-likeness (QED) is 0.819. The summed E-state index contributed by atoms with van der Waals surface area (Å²) in [6.45, 7) is 2.54. The number of ether oxygens (including phenoxy) is 2. The van der Waals surface area contributed by atoms with E-state index in [0.717, 1.165) is 30.1 Å². The molecule has 1 aliphatic heterocycles. The van der Waals surface area contributed by atoms with Crippen LogP contribution >= 0.6 is 0 Å². The zero-order valence-corrected chi connectivity index (χ0v) is 13.2. The van der Waals surface area contributed by atoms with Gasteiger partial charge in [-0.3, -0.25) is 0 Å². The van der Waals surface area contributed by atoms with E-state index in [0.29, 0.717) is 25.6 Å². The van der Waals surface area contributed by atoms with Gasteiger partial charge in [-0.2, -0.15) is 0 Å². The molecular weight excluding hydrogens is 294 g/mol. The fourth-order valence-corrected chi connectivity index (χ4v) is 2.56. The molecule has 122 valence electrons. The Morgan fingerprint density at radius 1 is 1.22 bits per heavy atom. The fourth-order valence-electron chi connectivity index (χ4n) is 2.56. The van der Waals surface area contributed by atoms with Crippen LogP contribution in [0, 0.1) is 0 Å². The summed E-state index contributed by atoms with van der Waals surface area (Å²) in [5.74, 6) is 2.32. The standard InChI is InChI=1S/C17H21N3O3/c1-22-10-11-23-15-4-2-13(3-5-15)17-18-8-6-16(19-17)20-9-7-14(21)12-20/h2-6,8,14,21H,7,9-12H2,1H3. The average molecular weight is 315 g/mol. The number of β-amino-alcohol motifs (C(OH)–C–C–N with tert-alkyl or cyclic N) is 1. The molecule has 0 radical (unpaired) electrons. The highest BCUT2D eigenvalue weighted by atomic mass is 16.5. The first-order chi connectivity index (χ1) is 11.3. The van der Waals surface area contributed by atoms with Crippen molar-refractivity contribution >= 4 is 5.82 Å². The summed E-state index contributed by atoms with van der Waals surface area (Å²) in [5, 5.41) is 9.66. The number of aromatic nitrogens is 2. The predicted octanol–water partition coefficient (Wildman–Crippen LogP) is 1.74. The zero-order chi connectivity index (χ0) is 16.1. The maximum Gasteiger partial charge on any atom is 0.161 e. The first kappa shape index (κ1) is 15.7. The van der Waals surface area contributed by atoms with Gasteiger partial charge in [0.25, 0.3) is 0 Å². The molecule has 6 heteroatoms. The summed E-state index contributed by atoms with van der Waals surface area (Å²) in [6, 6.07) is 9.57. The maximum absolute atomic E-state index is 9.66. The number of rotatable bonds is 6. The number of nitrogens with zero attached hydrogens (tertiary/aromatic N) is 3. The monoisotopic (exact) mass is 315 g/mol. The van der Waals surface area contributed by atoms with Crippen LogP contribution in [0.25, 0.3) is 11.4 Å². The third-order valence-electron chi connectivity index (χ3n) is 3.80. The van der Waals surface area contributed by atoms with E-state index >= 15 is 0 Å². The van der Waals surface area contributed by atoms with Crippen LogP contribution in [0.1, 0.15) is 6.42 Å². The first-order valence-corrected chi connectivity index (χ1v) is 7.74. The van der Waals surface area contributed by atoms with Crippen molar-refractivity contribution in [3.63, 3.8) is 0 Å². The Kier molecular flexibility index (Phi) is 5.05. The number of aliphatic hydroxyl groups excluding tert-OH is 1. The van der Waals surface area contributed by atoms with Crippen LogP contribution in [0.5, 0.6) is 5.75 Å². The summed E-state index contributed by atoms with van der Waals surface area (Å²) in [5.41, 5.74) is 0.936. The minimum Gasteiger partial charge on any atom is -0.491 e. The summed E-state index contributed by atoms with van der Waals surface area (Å²) in [7, 11) is 1.65. The summed E-state index contributed by atoms with van der Waals surface area (Å²) >= 11 is 0. The number of anilines is 1. The van der Waals surface area contributed by atoms with E-state index in [2.05, 4.69) is 14.9 Å². The number of hydrogen-bond acceptors (Lipinski definition) is 6. The SMILES string of the molecule is COCCOc1ccc(-c2nccc(N3CCC(O)C3)n2)cc1. The van der Waals surface area contributed by atoms with Gasteiger partial charge < -0.3 is 19.5 Å². The van der Waals surface area contributed by atoms with Crippen molar-refractivity contribution in [2.75, 3.05) is 38.3 Å². The lowest BCUT2D eigenvalue weighted by molar-refractivity contribution is 0.146. The minimum atomic E-state index is -0.267. The second-order valence-corrected chi connectivity index (χ2v) is 5.49. The van der Waals surface area contributed by atoms with Crippen molar-refractivity contribution in [1.29, 1.82) is 0 Å². The van der Waals surface area contributed by atoms with Gasteiger partial charge in [-0.1, -0.05) is 0 Å². The largest absolute Gasteiger partial charge is 0.491 e. The molecular formula is C17H21N3O3. The topological polar surface area (TPSA) is 67.7 Å². The molecule has 1 saturated heterocycles. The van der Waals surface area contributed by atoms with Crippen molar-refractivity contribution in [3.8, 4) is 17.1 Å². The molecule has 1 aromatic heterocycles. The average Bonchev–Trinajstić information content (AvgIpc) is 3.02. The Hall–Kier alpha value is -2.18. The van der Waals surface area contributed by atoms with E-state index in [-0.39, 0.29) is 6.10 Å². The lowest BCUT2D eigenvalue weighted by atomic mass is 10.2. The molecule has 0 bridgehead atoms. The lowest BCUT2D eigenvalue weighted by Gasteiger charge is -2.16. The van der Waals surface area contributed by atoms with Crippen LogP contribution in [0.3, 0.4) is 0 Å². The molecule has 1 atom stereocenters. The van der Waals surface area contributed by atoms with Crippen LogP contribution in [0.4, 0.5) is 5.82 Å². The molecule has 6 nitrogen and oxygen atoms in total. The van der Waals surface area contributed by atoms with Gasteiger partial charge in [0.2, 0.25) is 0 Å². The fraction of sp³-hybridized carbons (Fsp3) is 0.412. The highest BCUT2D eigenvalue weighted by Gasteiger charge is 2.21. The lowest BCUT2D eigenvalue weighted by Crippen LogP contribution is -2.22. The normalized spacial score (nSPS) is 17.5. The Balaban J connectivity index is 1.71. The van der Waals surface area contributed by atoms with Crippen molar-refractivity contribution < 1.29 is 14.6 Å². The molecule has 3 rings (SSSR count). The Morgan fingerprint density at radius 3 is 2.74 bits per heavy atom. The van der Waals surface area contributed by atoms with Crippen LogP contribution in [0.2, 0.25) is 0 Å². The minimum absolute atomic E-state index is 0.267. The van der Waals surface area contributed by atoms with Crippen molar-refractivity contribution in [2.24, 2.45) is 0 Å². The van der Waals surface area contributed by atoms with E-state index in [1.54, 1.807) is 13.3 Å². The van der Waals surface area contributed by atoms with Crippen LogP contribution in [-0.2, 0) is 4.74 Å². The van der Waals surface area contributed by atoms with Crippen molar-refractivity contribution in [3.05, 3.63) is 36.5 Å². The smallest absolute Gasteiger partial charge is 0.161 e. The summed E-state index contributed by atoms with van der Waals surface area (Å²) in [6.07, 6.45) is 2.27. The second kappa shape index (κ2) is 7.39. The van der Waals surface area contributed by atoms with E-state index < -0.39 is 0 Å². The molecule has 23 heavy (non-hydrogen) atoms. The summed E-state index contributed by atoms with van der Waals surface area (Å²) < 4.78 is 10.5. The zero-order valence-electron chi connectivity index (χ0n) is 13.2. The maximum atomic E-state index is 9.66. The number of aliphatic hydroxyl groups is 1. The van der Waals surface area contributed by atoms with E-state index in [9.17, 15) is 5.11 Å². The van der Waals surface area contributed by atoms with Gasteiger partial charge in [-0.25, -0.2) is 9.97 Å². The highest BCUT2D eigenvalue weighted by Crippen LogP contribution is 2.23. The molecule has 1 unspecified atom stereocenters. The molecule has 2 heterocycles. The van der Waals surface area contributed by atoms with E-state index in [1.165, 1.54) is 0 Å². The second-order valence-electron chi connectivity index (χ2n) is 5.49. The molecule has 0 amide bonds. The number of methoxy groups -OCH3 is 1. The van der Waals surface area contributed by atoms with E-state index in [1.807, 2.05) is 30.3 Å². The number of hydrogen-bond donors (Lipinski definition) is 1. The predicted molar refractivity (Wildman–Crippen MR) is 87.7 cm³/mol. The van der Waals surface area contributed by atoms with E-state index in [4.69, 9.17) is 9.47 Å². The van der Waals surface area contributed by atoms with Crippen LogP contribution < -0.4 is 9.64 Å². The molecule has 0 spiro atoms. The van der Waals surface area contributed by atoms with Gasteiger partial charge in [0.05, 0.1) is 12.7 Å². The van der Waals surface area contributed by atoms with Gasteiger partial charge in [-0.15, -0.1) is 0 Å². The van der Waals surface area contributed by atoms with Crippen molar-refractivity contribution in [2.45, 2.75) is 12.5 Å². The Bertz CT molecular complexity index is 633. The molecule has 1 aliphatic rings. The van der Waals surface area contributed by atoms with Gasteiger partial charge in [0.15, 0.2) is 5.82 Å². The van der Waals surface area contributed by atoms with Gasteiger partial charge >= 0.3 is 0 Å². The van der Waals surface area contributed by atoms with Gasteiger partial charge in [0.1, 0.15) is 18.2 Å². The van der Waals surface area contributed by atoms with Crippen LogP contribution in [0.15, 0.2) is 36.5 Å². The molecule has 1 aromatic carbocycles. The highest BCUT2D eigenvalue weighted by molar-refractivity contribution is 5.58. The molecule has 1 N–H and O–H groups in total. The van der Waals surface area contributed by atoms with Crippen LogP contribution in [-0.4, -0.2) is 54.6 Å². The Labute approximate surface area is 135 Å². The first-order valence-electron chi connectivity index (χ1n) is 7.74. The van der Waals surface area contributed by atoms with Gasteiger partial charge in [-0.05, 0) is 36.8 Å². The molecule has 1 fully saturated rings. The Morgan fingerprint density at radius 2 is 2.04 bits per heavy atom. The summed E-state index contributed by atoms with van der Waals surface area (Å²) in [4.78, 5) is 11.0. The number of benzene rings is 1. The van der Waals surface area contributed by atoms with Gasteiger partial charge in [0, 0.05) is 32.0 Å². The molecule has 2 aromatic rings. The third kappa shape index (κ3) is 3.97.